The number of ketones is 1. The second-order valence-electron chi connectivity index (χ2n) is 9.54. The summed E-state index contributed by atoms with van der Waals surface area (Å²) >= 11 is 0. The molecule has 0 radical (unpaired) electrons. The minimum Gasteiger partial charge on any atom is -0.446 e. The number of hydrogen-bond acceptors (Lipinski definition) is 10. The third-order valence-electron chi connectivity index (χ3n) is 6.55. The van der Waals surface area contributed by atoms with Crippen molar-refractivity contribution in [3.8, 4) is 11.3 Å². The second-order valence-corrected chi connectivity index (χ2v) is 9.54. The number of nitrogens with zero attached hydrogens (tertiary/aromatic N) is 1. The highest BCUT2D eigenvalue weighted by molar-refractivity contribution is 5.95. The van der Waals surface area contributed by atoms with Crippen molar-refractivity contribution in [2.45, 2.75) is 30.6 Å². The number of fused-ring (bicyclic) bond motifs is 1. The molecule has 1 saturated heterocycles. The molecule has 2 amide bonds. The number of aromatic amines is 1. The number of alkyl halides is 3. The highest BCUT2D eigenvalue weighted by Gasteiger charge is 2.35. The Morgan fingerprint density at radius 2 is 1.84 bits per heavy atom. The summed E-state index contributed by atoms with van der Waals surface area (Å²) in [5.74, 6) is -1.24. The number of benzene rings is 2. The van der Waals surface area contributed by atoms with Gasteiger partial charge in [-0.3, -0.25) is 14.5 Å². The predicted octanol–water partition coefficient (Wildman–Crippen LogP) is 0.909. The van der Waals surface area contributed by atoms with Crippen LogP contribution in [0.3, 0.4) is 0 Å². The van der Waals surface area contributed by atoms with Gasteiger partial charge >= 0.3 is 18.4 Å². The maximum atomic E-state index is 13.5. The zero-order valence-electron chi connectivity index (χ0n) is 22.1. The van der Waals surface area contributed by atoms with Crippen LogP contribution in [0.5, 0.6) is 0 Å². The molecule has 1 aliphatic rings. The number of nitrogens with one attached hydrogen (secondary N) is 2. The first-order valence-corrected chi connectivity index (χ1v) is 12.7. The molecule has 0 bridgehead atoms. The van der Waals surface area contributed by atoms with Crippen molar-refractivity contribution in [2.75, 3.05) is 31.2 Å². The molecule has 6 N–H and O–H groups in total. The lowest BCUT2D eigenvalue weighted by molar-refractivity contribution is -0.143. The number of aromatic nitrogens is 1. The molecule has 3 aromatic rings. The second kappa shape index (κ2) is 12.8. The number of cyclic esters (lactones) is 1. The molecular formula is C27H26F3N3O10. The number of carbonyl (C=O) groups is 3. The minimum atomic E-state index is -4.64. The van der Waals surface area contributed by atoms with Crippen LogP contribution in [0, 0.1) is 0 Å². The third-order valence-corrected chi connectivity index (χ3v) is 6.55. The van der Waals surface area contributed by atoms with E-state index in [9.17, 15) is 47.7 Å². The Kier molecular flexibility index (Phi) is 9.34. The van der Waals surface area contributed by atoms with Crippen LogP contribution < -0.4 is 15.8 Å². The lowest BCUT2D eigenvalue weighted by Gasteiger charge is -2.19. The molecule has 2 aromatic carbocycles. The fourth-order valence-electron chi connectivity index (χ4n) is 4.34. The van der Waals surface area contributed by atoms with Gasteiger partial charge < -0.3 is 40.2 Å². The van der Waals surface area contributed by atoms with Gasteiger partial charge in [-0.2, -0.15) is 13.2 Å². The SMILES string of the molecule is O=C(NC[C@H](O)[C@@H](O)C(=O)[C@H](O)CO)OC[C@@H]1CN(c2ccc3cc(-c4ccccc4C(F)(F)F)[nH]c(=O)c3c2)C(=O)O1. The number of alkyl carbamates (subject to hydrolysis) is 1. The molecule has 43 heavy (non-hydrogen) atoms. The number of pyridine rings is 1. The number of Topliss-reactive ketones (excluding diaryl/α,β-unsaturated/α-hetero) is 1. The highest BCUT2D eigenvalue weighted by atomic mass is 19.4. The van der Waals surface area contributed by atoms with Gasteiger partial charge in [-0.15, -0.1) is 0 Å². The number of hydrogen-bond donors (Lipinski definition) is 6. The standard InChI is InChI=1S/C27H26F3N3O10/c28-27(29,30)18-4-2-1-3-16(18)19-7-13-5-6-14(8-17(13)24(39)32-19)33-10-15(43-26(33)41)12-42-25(40)31-9-20(35)22(37)23(38)21(36)11-34/h1-8,15,20-22,34-37H,9-12H2,(H,31,40)(H,32,39)/t15-,20-,21+,22+/m0/s1. The van der Waals surface area contributed by atoms with E-state index in [-0.39, 0.29) is 28.9 Å². The topological polar surface area (TPSA) is 199 Å². The first-order valence-electron chi connectivity index (χ1n) is 12.7. The Morgan fingerprint density at radius 1 is 1.12 bits per heavy atom. The van der Waals surface area contributed by atoms with Crippen molar-refractivity contribution in [1.82, 2.24) is 10.3 Å². The molecule has 13 nitrogen and oxygen atoms in total. The van der Waals surface area contributed by atoms with Crippen LogP contribution in [0.25, 0.3) is 22.0 Å². The first-order chi connectivity index (χ1) is 20.3. The van der Waals surface area contributed by atoms with E-state index in [1.165, 1.54) is 42.5 Å². The molecule has 2 heterocycles. The highest BCUT2D eigenvalue weighted by Crippen LogP contribution is 2.36. The van der Waals surface area contributed by atoms with E-state index in [1.54, 1.807) is 0 Å². The van der Waals surface area contributed by atoms with Gasteiger partial charge in [0, 0.05) is 28.9 Å². The Bertz CT molecular complexity index is 1580. The van der Waals surface area contributed by atoms with Crippen molar-refractivity contribution in [1.29, 1.82) is 0 Å². The molecule has 0 unspecified atom stereocenters. The molecule has 16 heteroatoms. The van der Waals surface area contributed by atoms with Gasteiger partial charge in [-0.25, -0.2) is 9.59 Å². The van der Waals surface area contributed by atoms with Crippen molar-refractivity contribution >= 4 is 34.4 Å². The molecule has 4 atom stereocenters. The van der Waals surface area contributed by atoms with Gasteiger partial charge in [-0.1, -0.05) is 24.3 Å². The van der Waals surface area contributed by atoms with Crippen LogP contribution in [0.1, 0.15) is 5.56 Å². The Balaban J connectivity index is 1.39. The lowest BCUT2D eigenvalue weighted by Crippen LogP contribution is -2.47. The smallest absolute Gasteiger partial charge is 0.417 e. The normalized spacial score (nSPS) is 17.3. The molecular weight excluding hydrogens is 583 g/mol. The first kappa shape index (κ1) is 31.4. The molecule has 230 valence electrons. The average Bonchev–Trinajstić information content (AvgIpc) is 3.37. The molecule has 0 saturated carbocycles. The summed E-state index contributed by atoms with van der Waals surface area (Å²) in [7, 11) is 0. The Morgan fingerprint density at radius 3 is 2.53 bits per heavy atom. The molecule has 1 fully saturated rings. The Hall–Kier alpha value is -4.51. The van der Waals surface area contributed by atoms with Gasteiger partial charge in [0.05, 0.1) is 18.7 Å². The number of aliphatic hydroxyl groups excluding tert-OH is 4. The van der Waals surface area contributed by atoms with E-state index in [2.05, 4.69) is 10.3 Å². The monoisotopic (exact) mass is 609 g/mol. The number of aliphatic hydroxyl groups is 4. The van der Waals surface area contributed by atoms with E-state index in [4.69, 9.17) is 14.6 Å². The van der Waals surface area contributed by atoms with Crippen molar-refractivity contribution < 1.29 is 57.5 Å². The largest absolute Gasteiger partial charge is 0.446 e. The molecule has 1 aromatic heterocycles. The van der Waals surface area contributed by atoms with Gasteiger partial charge in [0.25, 0.3) is 5.56 Å². The zero-order chi connectivity index (χ0) is 31.5. The van der Waals surface area contributed by atoms with E-state index in [1.807, 2.05) is 0 Å². The zero-order valence-corrected chi connectivity index (χ0v) is 22.1. The minimum absolute atomic E-state index is 0.0365. The summed E-state index contributed by atoms with van der Waals surface area (Å²) in [4.78, 5) is 52.5. The fourth-order valence-corrected chi connectivity index (χ4v) is 4.34. The summed E-state index contributed by atoms with van der Waals surface area (Å²) < 4.78 is 50.6. The fraction of sp³-hybridized carbons (Fsp3) is 0.333. The van der Waals surface area contributed by atoms with E-state index in [0.717, 1.165) is 11.0 Å². The van der Waals surface area contributed by atoms with Gasteiger partial charge in [0.1, 0.15) is 24.9 Å². The van der Waals surface area contributed by atoms with Crippen LogP contribution in [0.2, 0.25) is 0 Å². The number of ether oxygens (including phenoxy) is 2. The van der Waals surface area contributed by atoms with Crippen molar-refractivity contribution in [3.63, 3.8) is 0 Å². The van der Waals surface area contributed by atoms with Gasteiger partial charge in [0.15, 0.2) is 11.9 Å². The lowest BCUT2D eigenvalue weighted by atomic mass is 10.0. The van der Waals surface area contributed by atoms with E-state index in [0.29, 0.717) is 5.39 Å². The van der Waals surface area contributed by atoms with E-state index >= 15 is 0 Å². The van der Waals surface area contributed by atoms with Crippen LogP contribution in [0.4, 0.5) is 28.4 Å². The van der Waals surface area contributed by atoms with Crippen LogP contribution in [0.15, 0.2) is 53.3 Å². The van der Waals surface area contributed by atoms with Gasteiger partial charge in [0.2, 0.25) is 0 Å². The van der Waals surface area contributed by atoms with Crippen LogP contribution >= 0.6 is 0 Å². The summed E-state index contributed by atoms with van der Waals surface area (Å²) in [5, 5.41) is 39.9. The summed E-state index contributed by atoms with van der Waals surface area (Å²) in [6, 6.07) is 10.5. The maximum absolute atomic E-state index is 13.5. The number of amides is 2. The quantitative estimate of drug-likeness (QED) is 0.192. The van der Waals surface area contributed by atoms with Crippen molar-refractivity contribution in [3.05, 3.63) is 64.4 Å². The molecule has 1 aliphatic heterocycles. The number of halogens is 3. The average molecular weight is 610 g/mol. The van der Waals surface area contributed by atoms with Crippen molar-refractivity contribution in [2.24, 2.45) is 0 Å². The van der Waals surface area contributed by atoms with Crippen LogP contribution in [-0.2, 0) is 20.4 Å². The summed E-state index contributed by atoms with van der Waals surface area (Å²) in [6.45, 7) is -2.13. The molecule has 4 rings (SSSR count). The maximum Gasteiger partial charge on any atom is 0.417 e. The molecule has 0 spiro atoms. The van der Waals surface area contributed by atoms with Crippen LogP contribution in [-0.4, -0.2) is 94.1 Å². The van der Waals surface area contributed by atoms with E-state index < -0.39 is 79.4 Å². The Labute approximate surface area is 240 Å². The predicted molar refractivity (Wildman–Crippen MR) is 142 cm³/mol. The number of H-pyrrole nitrogens is 1. The third kappa shape index (κ3) is 7.11. The molecule has 0 aliphatic carbocycles. The number of carbonyl (C=O) groups excluding carboxylic acids is 3. The number of rotatable bonds is 10. The van der Waals surface area contributed by atoms with Gasteiger partial charge in [-0.05, 0) is 29.7 Å². The number of anilines is 1. The summed E-state index contributed by atoms with van der Waals surface area (Å²) in [6.07, 6.45) is -13.3. The summed E-state index contributed by atoms with van der Waals surface area (Å²) in [5.41, 5.74) is -1.59.